The SMILES string of the molecule is C[C@@H]1CCC=C[C@]1(C)COCc1ccccc1. The Morgan fingerprint density at radius 3 is 2.76 bits per heavy atom. The number of rotatable bonds is 4. The summed E-state index contributed by atoms with van der Waals surface area (Å²) in [5, 5.41) is 0. The third-order valence-electron chi connectivity index (χ3n) is 3.92. The van der Waals surface area contributed by atoms with Crippen LogP contribution in [0.3, 0.4) is 0 Å². The van der Waals surface area contributed by atoms with Gasteiger partial charge in [-0.15, -0.1) is 0 Å². The van der Waals surface area contributed by atoms with E-state index in [1.165, 1.54) is 18.4 Å². The van der Waals surface area contributed by atoms with Crippen molar-refractivity contribution in [2.24, 2.45) is 11.3 Å². The summed E-state index contributed by atoms with van der Waals surface area (Å²) in [6.45, 7) is 6.17. The standard InChI is InChI=1S/C16H22O/c1-14-8-6-7-11-16(14,2)13-17-12-15-9-4-3-5-10-15/h3-5,7,9-11,14H,6,8,12-13H2,1-2H3/t14-,16-/m1/s1. The zero-order valence-corrected chi connectivity index (χ0v) is 10.9. The Kier molecular flexibility index (Phi) is 4.01. The van der Waals surface area contributed by atoms with Crippen LogP contribution in [0.4, 0.5) is 0 Å². The first-order valence-electron chi connectivity index (χ1n) is 6.50. The van der Waals surface area contributed by atoms with Gasteiger partial charge in [0, 0.05) is 5.41 Å². The lowest BCUT2D eigenvalue weighted by Gasteiger charge is -2.35. The number of hydrogen-bond acceptors (Lipinski definition) is 1. The number of ether oxygens (including phenoxy) is 1. The molecule has 0 amide bonds. The highest BCUT2D eigenvalue weighted by molar-refractivity contribution is 5.13. The van der Waals surface area contributed by atoms with Gasteiger partial charge < -0.3 is 4.74 Å². The van der Waals surface area contributed by atoms with Crippen molar-refractivity contribution in [3.8, 4) is 0 Å². The maximum absolute atomic E-state index is 5.88. The summed E-state index contributed by atoms with van der Waals surface area (Å²) >= 11 is 0. The monoisotopic (exact) mass is 230 g/mol. The molecule has 1 nitrogen and oxygen atoms in total. The maximum atomic E-state index is 5.88. The molecular weight excluding hydrogens is 208 g/mol. The molecule has 0 bridgehead atoms. The van der Waals surface area contributed by atoms with E-state index in [9.17, 15) is 0 Å². The molecule has 0 unspecified atom stereocenters. The average molecular weight is 230 g/mol. The summed E-state index contributed by atoms with van der Waals surface area (Å²) < 4.78 is 5.88. The van der Waals surface area contributed by atoms with Crippen LogP contribution in [-0.2, 0) is 11.3 Å². The van der Waals surface area contributed by atoms with E-state index in [2.05, 4.69) is 50.3 Å². The van der Waals surface area contributed by atoms with Gasteiger partial charge in [-0.1, -0.05) is 56.3 Å². The minimum absolute atomic E-state index is 0.215. The summed E-state index contributed by atoms with van der Waals surface area (Å²) in [5.41, 5.74) is 1.47. The van der Waals surface area contributed by atoms with Crippen LogP contribution in [0.25, 0.3) is 0 Å². The minimum atomic E-state index is 0.215. The van der Waals surface area contributed by atoms with E-state index in [1.54, 1.807) is 0 Å². The van der Waals surface area contributed by atoms with Crippen molar-refractivity contribution in [3.63, 3.8) is 0 Å². The third kappa shape index (κ3) is 3.19. The lowest BCUT2D eigenvalue weighted by molar-refractivity contribution is 0.0351. The Morgan fingerprint density at radius 2 is 2.06 bits per heavy atom. The molecule has 0 N–H and O–H groups in total. The van der Waals surface area contributed by atoms with E-state index in [4.69, 9.17) is 4.74 Å². The summed E-state index contributed by atoms with van der Waals surface area (Å²) in [6.07, 6.45) is 7.13. The van der Waals surface area contributed by atoms with Crippen molar-refractivity contribution in [1.82, 2.24) is 0 Å². The average Bonchev–Trinajstić information content (AvgIpc) is 2.35. The van der Waals surface area contributed by atoms with Crippen molar-refractivity contribution in [2.75, 3.05) is 6.61 Å². The number of hydrogen-bond donors (Lipinski definition) is 0. The van der Waals surface area contributed by atoms with Crippen molar-refractivity contribution in [1.29, 1.82) is 0 Å². The van der Waals surface area contributed by atoms with E-state index in [1.807, 2.05) is 6.07 Å². The highest BCUT2D eigenvalue weighted by atomic mass is 16.5. The smallest absolute Gasteiger partial charge is 0.0717 e. The minimum Gasteiger partial charge on any atom is -0.376 e. The molecule has 1 aliphatic rings. The highest BCUT2D eigenvalue weighted by Crippen LogP contribution is 2.36. The van der Waals surface area contributed by atoms with Crippen LogP contribution in [-0.4, -0.2) is 6.61 Å². The Morgan fingerprint density at radius 1 is 1.29 bits per heavy atom. The van der Waals surface area contributed by atoms with Crippen LogP contribution >= 0.6 is 0 Å². The predicted molar refractivity (Wildman–Crippen MR) is 71.7 cm³/mol. The first kappa shape index (κ1) is 12.4. The Labute approximate surface area is 104 Å². The van der Waals surface area contributed by atoms with E-state index in [0.717, 1.165) is 13.2 Å². The lowest BCUT2D eigenvalue weighted by atomic mass is 9.73. The molecular formula is C16H22O. The van der Waals surface area contributed by atoms with Crippen molar-refractivity contribution in [3.05, 3.63) is 48.0 Å². The molecule has 2 rings (SSSR count). The molecule has 17 heavy (non-hydrogen) atoms. The van der Waals surface area contributed by atoms with Gasteiger partial charge >= 0.3 is 0 Å². The second-order valence-corrected chi connectivity index (χ2v) is 5.36. The van der Waals surface area contributed by atoms with Gasteiger partial charge in [-0.2, -0.15) is 0 Å². The number of benzene rings is 1. The number of allylic oxidation sites excluding steroid dienone is 1. The van der Waals surface area contributed by atoms with Gasteiger partial charge in [0.25, 0.3) is 0 Å². The highest BCUT2D eigenvalue weighted by Gasteiger charge is 2.30. The quantitative estimate of drug-likeness (QED) is 0.704. The van der Waals surface area contributed by atoms with Crippen LogP contribution < -0.4 is 0 Å². The first-order chi connectivity index (χ1) is 8.21. The largest absolute Gasteiger partial charge is 0.376 e. The van der Waals surface area contributed by atoms with Crippen LogP contribution in [0.15, 0.2) is 42.5 Å². The topological polar surface area (TPSA) is 9.23 Å². The summed E-state index contributed by atoms with van der Waals surface area (Å²) in [4.78, 5) is 0. The summed E-state index contributed by atoms with van der Waals surface area (Å²) in [7, 11) is 0. The van der Waals surface area contributed by atoms with Gasteiger partial charge in [0.15, 0.2) is 0 Å². The molecule has 0 fully saturated rings. The molecule has 92 valence electrons. The van der Waals surface area contributed by atoms with Crippen molar-refractivity contribution < 1.29 is 4.74 Å². The fraction of sp³-hybridized carbons (Fsp3) is 0.500. The van der Waals surface area contributed by atoms with Crippen LogP contribution in [0.5, 0.6) is 0 Å². The molecule has 0 spiro atoms. The molecule has 0 saturated heterocycles. The molecule has 0 heterocycles. The molecule has 0 aliphatic heterocycles. The van der Waals surface area contributed by atoms with Gasteiger partial charge in [0.2, 0.25) is 0 Å². The van der Waals surface area contributed by atoms with Gasteiger partial charge in [-0.05, 0) is 24.3 Å². The van der Waals surface area contributed by atoms with Crippen molar-refractivity contribution in [2.45, 2.75) is 33.3 Å². The maximum Gasteiger partial charge on any atom is 0.0717 e. The Hall–Kier alpha value is -1.08. The normalized spacial score (nSPS) is 28.2. The van der Waals surface area contributed by atoms with Gasteiger partial charge in [-0.25, -0.2) is 0 Å². The van der Waals surface area contributed by atoms with E-state index in [0.29, 0.717) is 5.92 Å². The third-order valence-corrected chi connectivity index (χ3v) is 3.92. The fourth-order valence-electron chi connectivity index (χ4n) is 2.35. The zero-order chi connectivity index (χ0) is 12.1. The lowest BCUT2D eigenvalue weighted by Crippen LogP contribution is -2.30. The van der Waals surface area contributed by atoms with Crippen LogP contribution in [0.1, 0.15) is 32.3 Å². The molecule has 0 aromatic heterocycles. The molecule has 2 atom stereocenters. The Bertz CT molecular complexity index is 368. The van der Waals surface area contributed by atoms with E-state index in [-0.39, 0.29) is 5.41 Å². The summed E-state index contributed by atoms with van der Waals surface area (Å²) in [6, 6.07) is 10.4. The first-order valence-corrected chi connectivity index (χ1v) is 6.50. The zero-order valence-electron chi connectivity index (χ0n) is 10.9. The molecule has 1 heteroatoms. The molecule has 1 aromatic carbocycles. The molecule has 0 saturated carbocycles. The van der Waals surface area contributed by atoms with Gasteiger partial charge in [-0.3, -0.25) is 0 Å². The second kappa shape index (κ2) is 5.50. The Balaban J connectivity index is 1.86. The van der Waals surface area contributed by atoms with Crippen LogP contribution in [0, 0.1) is 11.3 Å². The van der Waals surface area contributed by atoms with Crippen LogP contribution in [0.2, 0.25) is 0 Å². The van der Waals surface area contributed by atoms with E-state index < -0.39 is 0 Å². The molecule has 1 aliphatic carbocycles. The van der Waals surface area contributed by atoms with Gasteiger partial charge in [0.05, 0.1) is 13.2 Å². The predicted octanol–water partition coefficient (Wildman–Crippen LogP) is 4.20. The molecule has 0 radical (unpaired) electrons. The molecule has 1 aromatic rings. The van der Waals surface area contributed by atoms with Crippen molar-refractivity contribution >= 4 is 0 Å². The van der Waals surface area contributed by atoms with E-state index >= 15 is 0 Å². The second-order valence-electron chi connectivity index (χ2n) is 5.36. The fourth-order valence-corrected chi connectivity index (χ4v) is 2.35. The van der Waals surface area contributed by atoms with Gasteiger partial charge in [0.1, 0.15) is 0 Å². The summed E-state index contributed by atoms with van der Waals surface area (Å²) in [5.74, 6) is 0.711.